The van der Waals surface area contributed by atoms with E-state index in [-0.39, 0.29) is 0 Å². The number of aromatic nitrogens is 1. The average Bonchev–Trinajstić information content (AvgIpc) is 3.09. The molecule has 0 aliphatic heterocycles. The van der Waals surface area contributed by atoms with E-state index in [1.54, 1.807) is 30.3 Å². The van der Waals surface area contributed by atoms with Gasteiger partial charge >= 0.3 is 0 Å². The van der Waals surface area contributed by atoms with E-state index >= 15 is 0 Å². The number of amides is 1. The van der Waals surface area contributed by atoms with E-state index in [0.717, 1.165) is 11.0 Å². The van der Waals surface area contributed by atoms with Gasteiger partial charge in [0.05, 0.1) is 5.69 Å². The number of hydrogen-bond acceptors (Lipinski definition) is 3. The minimum Gasteiger partial charge on any atom is -0.454 e. The molecule has 4 rings (SSSR count). The van der Waals surface area contributed by atoms with E-state index in [1.165, 1.54) is 0 Å². The SMILES string of the molecule is NC(=O)C(c1cccc(-c2cc3ccccc3o2)n1)c1c(Cl)cccc1Cl. The Labute approximate surface area is 165 Å². The van der Waals surface area contributed by atoms with E-state index in [9.17, 15) is 4.79 Å². The van der Waals surface area contributed by atoms with Crippen LogP contribution in [0, 0.1) is 0 Å². The Bertz CT molecular complexity index is 1100. The highest BCUT2D eigenvalue weighted by Crippen LogP contribution is 2.36. The van der Waals surface area contributed by atoms with Crippen molar-refractivity contribution in [1.82, 2.24) is 4.98 Å². The molecule has 2 heterocycles. The number of pyridine rings is 1. The van der Waals surface area contributed by atoms with Crippen molar-refractivity contribution in [1.29, 1.82) is 0 Å². The highest BCUT2D eigenvalue weighted by Gasteiger charge is 2.27. The topological polar surface area (TPSA) is 69.1 Å². The lowest BCUT2D eigenvalue weighted by molar-refractivity contribution is -0.118. The number of carbonyl (C=O) groups is 1. The normalized spacial score (nSPS) is 12.2. The second kappa shape index (κ2) is 7.06. The molecule has 2 aromatic carbocycles. The minimum atomic E-state index is -0.865. The maximum absolute atomic E-state index is 12.2. The van der Waals surface area contributed by atoms with E-state index in [1.807, 2.05) is 36.4 Å². The zero-order valence-electron chi connectivity index (χ0n) is 14.0. The molecule has 2 N–H and O–H groups in total. The summed E-state index contributed by atoms with van der Waals surface area (Å²) in [6, 6.07) is 20.0. The summed E-state index contributed by atoms with van der Waals surface area (Å²) in [5, 5.41) is 1.70. The van der Waals surface area contributed by atoms with Crippen molar-refractivity contribution in [2.45, 2.75) is 5.92 Å². The van der Waals surface area contributed by atoms with E-state index < -0.39 is 11.8 Å². The first-order valence-electron chi connectivity index (χ1n) is 8.23. The fraction of sp³-hybridized carbons (Fsp3) is 0.0476. The van der Waals surface area contributed by atoms with Crippen molar-refractivity contribution in [3.8, 4) is 11.5 Å². The van der Waals surface area contributed by atoms with Gasteiger partial charge in [-0.15, -0.1) is 0 Å². The first-order chi connectivity index (χ1) is 13.0. The van der Waals surface area contributed by atoms with Crippen molar-refractivity contribution in [2.24, 2.45) is 5.73 Å². The van der Waals surface area contributed by atoms with Crippen molar-refractivity contribution in [2.75, 3.05) is 0 Å². The van der Waals surface area contributed by atoms with Gasteiger partial charge in [0.25, 0.3) is 0 Å². The van der Waals surface area contributed by atoms with Crippen molar-refractivity contribution in [3.63, 3.8) is 0 Å². The maximum atomic E-state index is 12.2. The van der Waals surface area contributed by atoms with Gasteiger partial charge in [0, 0.05) is 21.0 Å². The molecule has 4 aromatic rings. The van der Waals surface area contributed by atoms with Gasteiger partial charge in [0.1, 0.15) is 17.2 Å². The molecule has 0 fully saturated rings. The molecule has 0 radical (unpaired) electrons. The van der Waals surface area contributed by atoms with Crippen LogP contribution in [0.2, 0.25) is 10.0 Å². The second-order valence-corrected chi connectivity index (χ2v) is 6.88. The predicted molar refractivity (Wildman–Crippen MR) is 107 cm³/mol. The molecule has 134 valence electrons. The van der Waals surface area contributed by atoms with E-state index in [2.05, 4.69) is 4.98 Å². The van der Waals surface area contributed by atoms with Gasteiger partial charge in [0.15, 0.2) is 5.76 Å². The molecule has 27 heavy (non-hydrogen) atoms. The zero-order valence-corrected chi connectivity index (χ0v) is 15.5. The summed E-state index contributed by atoms with van der Waals surface area (Å²) < 4.78 is 5.87. The maximum Gasteiger partial charge on any atom is 0.231 e. The first-order valence-corrected chi connectivity index (χ1v) is 8.99. The summed E-state index contributed by atoms with van der Waals surface area (Å²) in [6.45, 7) is 0. The van der Waals surface area contributed by atoms with Crippen LogP contribution in [0.5, 0.6) is 0 Å². The Morgan fingerprint density at radius 3 is 2.37 bits per heavy atom. The molecule has 0 aliphatic carbocycles. The van der Waals surface area contributed by atoms with Crippen LogP contribution in [-0.2, 0) is 4.79 Å². The summed E-state index contributed by atoms with van der Waals surface area (Å²) in [5.41, 5.74) is 7.93. The third-order valence-electron chi connectivity index (χ3n) is 4.32. The van der Waals surface area contributed by atoms with Gasteiger partial charge in [-0.25, -0.2) is 4.98 Å². The molecule has 0 aliphatic rings. The largest absolute Gasteiger partial charge is 0.454 e. The standard InChI is InChI=1S/C21H14Cl2N2O2/c22-13-6-3-7-14(23)19(13)20(21(24)26)16-9-4-8-15(25-16)18-11-12-5-1-2-10-17(12)27-18/h1-11,20H,(H2,24,26). The van der Waals surface area contributed by atoms with Crippen LogP contribution in [0.1, 0.15) is 17.2 Å². The number of rotatable bonds is 4. The Morgan fingerprint density at radius 1 is 0.963 bits per heavy atom. The van der Waals surface area contributed by atoms with E-state index in [0.29, 0.717) is 32.8 Å². The molecule has 1 unspecified atom stereocenters. The van der Waals surface area contributed by atoms with Crippen molar-refractivity contribution in [3.05, 3.63) is 88.0 Å². The molecule has 1 atom stereocenters. The van der Waals surface area contributed by atoms with Crippen LogP contribution in [0.25, 0.3) is 22.4 Å². The van der Waals surface area contributed by atoms with Gasteiger partial charge in [-0.2, -0.15) is 0 Å². The molecule has 0 saturated heterocycles. The quantitative estimate of drug-likeness (QED) is 0.500. The number of primary amides is 1. The molecule has 0 spiro atoms. The van der Waals surface area contributed by atoms with Gasteiger partial charge in [-0.05, 0) is 36.4 Å². The van der Waals surface area contributed by atoms with Gasteiger partial charge < -0.3 is 10.2 Å². The number of hydrogen-bond donors (Lipinski definition) is 1. The van der Waals surface area contributed by atoms with Crippen LogP contribution in [-0.4, -0.2) is 10.9 Å². The summed E-state index contributed by atoms with van der Waals surface area (Å²) in [4.78, 5) is 16.8. The fourth-order valence-electron chi connectivity index (χ4n) is 3.08. The van der Waals surface area contributed by atoms with Crippen LogP contribution in [0.15, 0.2) is 71.1 Å². The predicted octanol–water partition coefficient (Wildman–Crippen LogP) is 5.42. The Kier molecular flexibility index (Phi) is 4.60. The molecular formula is C21H14Cl2N2O2. The molecule has 0 saturated carbocycles. The van der Waals surface area contributed by atoms with Crippen LogP contribution < -0.4 is 5.73 Å². The highest BCUT2D eigenvalue weighted by atomic mass is 35.5. The molecule has 1 amide bonds. The van der Waals surface area contributed by atoms with Gasteiger partial charge in [0.2, 0.25) is 5.91 Å². The Hall–Kier alpha value is -2.82. The molecular weight excluding hydrogens is 383 g/mol. The summed E-state index contributed by atoms with van der Waals surface area (Å²) in [6.07, 6.45) is 0. The van der Waals surface area contributed by atoms with Gasteiger partial charge in [-0.1, -0.05) is 53.5 Å². The molecule has 4 nitrogen and oxygen atoms in total. The smallest absolute Gasteiger partial charge is 0.231 e. The average molecular weight is 397 g/mol. The summed E-state index contributed by atoms with van der Waals surface area (Å²) >= 11 is 12.6. The zero-order chi connectivity index (χ0) is 19.0. The number of benzene rings is 2. The lowest BCUT2D eigenvalue weighted by atomic mass is 9.94. The lowest BCUT2D eigenvalue weighted by Crippen LogP contribution is -2.24. The Morgan fingerprint density at radius 2 is 1.67 bits per heavy atom. The van der Waals surface area contributed by atoms with Gasteiger partial charge in [-0.3, -0.25) is 4.79 Å². The van der Waals surface area contributed by atoms with Crippen LogP contribution in [0.3, 0.4) is 0 Å². The number of fused-ring (bicyclic) bond motifs is 1. The number of para-hydroxylation sites is 1. The number of nitrogens with zero attached hydrogens (tertiary/aromatic N) is 1. The number of nitrogens with two attached hydrogens (primary N) is 1. The first kappa shape index (κ1) is 17.6. The van der Waals surface area contributed by atoms with E-state index in [4.69, 9.17) is 33.4 Å². The van der Waals surface area contributed by atoms with Crippen LogP contribution >= 0.6 is 23.2 Å². The summed E-state index contributed by atoms with van der Waals surface area (Å²) in [5.74, 6) is -0.846. The third-order valence-corrected chi connectivity index (χ3v) is 4.98. The fourth-order valence-corrected chi connectivity index (χ4v) is 3.70. The highest BCUT2D eigenvalue weighted by molar-refractivity contribution is 6.36. The lowest BCUT2D eigenvalue weighted by Gasteiger charge is -2.17. The Balaban J connectivity index is 1.83. The molecule has 2 aromatic heterocycles. The minimum absolute atomic E-state index is 0.363. The molecule has 6 heteroatoms. The monoisotopic (exact) mass is 396 g/mol. The third kappa shape index (κ3) is 3.29. The van der Waals surface area contributed by atoms with Crippen molar-refractivity contribution < 1.29 is 9.21 Å². The second-order valence-electron chi connectivity index (χ2n) is 6.07. The molecule has 0 bridgehead atoms. The number of furan rings is 1. The number of carbonyl (C=O) groups excluding carboxylic acids is 1. The number of halogens is 2. The summed E-state index contributed by atoms with van der Waals surface area (Å²) in [7, 11) is 0. The van der Waals surface area contributed by atoms with Crippen LogP contribution in [0.4, 0.5) is 0 Å². The van der Waals surface area contributed by atoms with Crippen molar-refractivity contribution >= 4 is 40.1 Å².